The summed E-state index contributed by atoms with van der Waals surface area (Å²) in [6.45, 7) is 4.14. The summed E-state index contributed by atoms with van der Waals surface area (Å²) in [5, 5.41) is 0. The van der Waals surface area contributed by atoms with Crippen LogP contribution in [0.1, 0.15) is 39.5 Å². The van der Waals surface area contributed by atoms with Gasteiger partial charge in [0.25, 0.3) is 0 Å². The molecule has 1 saturated carbocycles. The Labute approximate surface area is 69.1 Å². The van der Waals surface area contributed by atoms with E-state index in [1.54, 1.807) is 0 Å². The predicted molar refractivity (Wildman–Crippen MR) is 46.5 cm³/mol. The van der Waals surface area contributed by atoms with Gasteiger partial charge in [0, 0.05) is 6.04 Å². The third-order valence-electron chi connectivity index (χ3n) is 2.20. The Kier molecular flexibility index (Phi) is 3.34. The maximum absolute atomic E-state index is 5.90. The van der Waals surface area contributed by atoms with Crippen LogP contribution in [-0.2, 0) is 4.74 Å². The van der Waals surface area contributed by atoms with Gasteiger partial charge >= 0.3 is 0 Å². The van der Waals surface area contributed by atoms with Crippen LogP contribution in [-0.4, -0.2) is 18.2 Å². The molecule has 1 aliphatic carbocycles. The van der Waals surface area contributed by atoms with Crippen molar-refractivity contribution in [2.75, 3.05) is 0 Å². The molecule has 0 aromatic heterocycles. The molecular formula is C9H19NO. The van der Waals surface area contributed by atoms with Crippen LogP contribution in [0.25, 0.3) is 0 Å². The first-order chi connectivity index (χ1) is 5.20. The summed E-state index contributed by atoms with van der Waals surface area (Å²) in [5.74, 6) is 0. The van der Waals surface area contributed by atoms with E-state index in [4.69, 9.17) is 10.5 Å². The monoisotopic (exact) mass is 157 g/mol. The molecule has 1 rings (SSSR count). The summed E-state index contributed by atoms with van der Waals surface area (Å²) in [6, 6.07) is 0.283. The van der Waals surface area contributed by atoms with Gasteiger partial charge in [0.1, 0.15) is 0 Å². The molecule has 2 heteroatoms. The zero-order valence-electron chi connectivity index (χ0n) is 7.55. The second-order valence-electron chi connectivity index (χ2n) is 3.67. The van der Waals surface area contributed by atoms with Gasteiger partial charge in [-0.2, -0.15) is 0 Å². The van der Waals surface area contributed by atoms with Gasteiger partial charge < -0.3 is 10.5 Å². The lowest BCUT2D eigenvalue weighted by Gasteiger charge is -2.30. The fourth-order valence-corrected chi connectivity index (χ4v) is 1.64. The highest BCUT2D eigenvalue weighted by molar-refractivity contribution is 4.78. The minimum Gasteiger partial charge on any atom is -0.374 e. The highest BCUT2D eigenvalue weighted by atomic mass is 16.5. The van der Waals surface area contributed by atoms with Crippen molar-refractivity contribution >= 4 is 0 Å². The molecule has 0 bridgehead atoms. The van der Waals surface area contributed by atoms with Gasteiger partial charge in [-0.05, 0) is 26.7 Å². The first-order valence-electron chi connectivity index (χ1n) is 4.61. The zero-order chi connectivity index (χ0) is 8.27. The third-order valence-corrected chi connectivity index (χ3v) is 2.20. The van der Waals surface area contributed by atoms with Crippen LogP contribution >= 0.6 is 0 Å². The Balaban J connectivity index is 2.29. The van der Waals surface area contributed by atoms with Crippen LogP contribution in [0.15, 0.2) is 0 Å². The van der Waals surface area contributed by atoms with Crippen LogP contribution in [0.2, 0.25) is 0 Å². The van der Waals surface area contributed by atoms with Crippen molar-refractivity contribution in [1.29, 1.82) is 0 Å². The smallest absolute Gasteiger partial charge is 0.0729 e. The molecule has 0 aliphatic heterocycles. The van der Waals surface area contributed by atoms with E-state index < -0.39 is 0 Å². The summed E-state index contributed by atoms with van der Waals surface area (Å²) >= 11 is 0. The van der Waals surface area contributed by atoms with E-state index in [0.717, 1.165) is 12.8 Å². The molecule has 2 nitrogen and oxygen atoms in total. The predicted octanol–water partition coefficient (Wildman–Crippen LogP) is 1.68. The van der Waals surface area contributed by atoms with E-state index in [0.29, 0.717) is 12.2 Å². The van der Waals surface area contributed by atoms with Gasteiger partial charge in [-0.25, -0.2) is 0 Å². The molecule has 2 N–H and O–H groups in total. The van der Waals surface area contributed by atoms with Gasteiger partial charge in [0.05, 0.1) is 12.2 Å². The molecule has 0 aromatic rings. The van der Waals surface area contributed by atoms with Crippen molar-refractivity contribution in [3.8, 4) is 0 Å². The van der Waals surface area contributed by atoms with E-state index >= 15 is 0 Å². The summed E-state index contributed by atoms with van der Waals surface area (Å²) < 4.78 is 5.68. The van der Waals surface area contributed by atoms with Crippen LogP contribution in [0.3, 0.4) is 0 Å². The fraction of sp³-hybridized carbons (Fsp3) is 1.00. The second kappa shape index (κ2) is 4.07. The molecule has 0 heterocycles. The van der Waals surface area contributed by atoms with Crippen molar-refractivity contribution in [2.45, 2.75) is 57.8 Å². The van der Waals surface area contributed by atoms with Crippen molar-refractivity contribution in [1.82, 2.24) is 0 Å². The zero-order valence-corrected chi connectivity index (χ0v) is 7.55. The lowest BCUT2D eigenvalue weighted by Crippen LogP contribution is -2.40. The summed E-state index contributed by atoms with van der Waals surface area (Å²) in [7, 11) is 0. The maximum atomic E-state index is 5.90. The minimum absolute atomic E-state index is 0.283. The van der Waals surface area contributed by atoms with Gasteiger partial charge in [0.15, 0.2) is 0 Å². The number of nitrogens with two attached hydrogens (primary N) is 1. The average Bonchev–Trinajstić information content (AvgIpc) is 1.93. The van der Waals surface area contributed by atoms with Crippen molar-refractivity contribution in [3.63, 3.8) is 0 Å². The van der Waals surface area contributed by atoms with Crippen molar-refractivity contribution in [2.24, 2.45) is 5.73 Å². The van der Waals surface area contributed by atoms with Crippen LogP contribution < -0.4 is 5.73 Å². The highest BCUT2D eigenvalue weighted by Gasteiger charge is 2.22. The van der Waals surface area contributed by atoms with Crippen LogP contribution in [0.5, 0.6) is 0 Å². The third kappa shape index (κ3) is 2.80. The lowest BCUT2D eigenvalue weighted by molar-refractivity contribution is -0.0228. The lowest BCUT2D eigenvalue weighted by atomic mass is 9.93. The average molecular weight is 157 g/mol. The molecule has 1 aliphatic rings. The molecule has 0 spiro atoms. The second-order valence-corrected chi connectivity index (χ2v) is 3.67. The Morgan fingerprint density at radius 1 is 1.27 bits per heavy atom. The van der Waals surface area contributed by atoms with E-state index in [9.17, 15) is 0 Å². The van der Waals surface area contributed by atoms with Crippen LogP contribution in [0.4, 0.5) is 0 Å². The molecule has 66 valence electrons. The normalized spacial score (nSPS) is 32.7. The summed E-state index contributed by atoms with van der Waals surface area (Å²) in [5.41, 5.74) is 5.90. The van der Waals surface area contributed by atoms with Crippen LogP contribution in [0, 0.1) is 0 Å². The first kappa shape index (κ1) is 9.01. The van der Waals surface area contributed by atoms with E-state index in [2.05, 4.69) is 13.8 Å². The van der Waals surface area contributed by atoms with Gasteiger partial charge in [-0.15, -0.1) is 0 Å². The van der Waals surface area contributed by atoms with Gasteiger partial charge in [0.2, 0.25) is 0 Å². The van der Waals surface area contributed by atoms with E-state index in [1.807, 2.05) is 0 Å². The van der Waals surface area contributed by atoms with Crippen molar-refractivity contribution < 1.29 is 4.74 Å². The molecule has 0 saturated heterocycles. The molecular weight excluding hydrogens is 138 g/mol. The number of hydrogen-bond acceptors (Lipinski definition) is 2. The number of rotatable bonds is 2. The van der Waals surface area contributed by atoms with E-state index in [1.165, 1.54) is 12.8 Å². The molecule has 1 fully saturated rings. The maximum Gasteiger partial charge on any atom is 0.0729 e. The molecule has 0 radical (unpaired) electrons. The van der Waals surface area contributed by atoms with E-state index in [-0.39, 0.29) is 6.04 Å². The quantitative estimate of drug-likeness (QED) is 0.662. The van der Waals surface area contributed by atoms with Gasteiger partial charge in [-0.3, -0.25) is 0 Å². The summed E-state index contributed by atoms with van der Waals surface area (Å²) in [4.78, 5) is 0. The Morgan fingerprint density at radius 2 is 1.91 bits per heavy atom. The Morgan fingerprint density at radius 3 is 2.45 bits per heavy atom. The standard InChI is InChI=1S/C9H19NO/c1-7(2)11-9-6-4-3-5-8(9)10/h7-9H,3-6,10H2,1-2H3/t8-,9-/m1/s1. The molecule has 0 amide bonds. The molecule has 0 aromatic carbocycles. The molecule has 2 atom stereocenters. The molecule has 0 unspecified atom stereocenters. The topological polar surface area (TPSA) is 35.2 Å². The Hall–Kier alpha value is -0.0800. The molecule has 11 heavy (non-hydrogen) atoms. The highest BCUT2D eigenvalue weighted by Crippen LogP contribution is 2.20. The first-order valence-corrected chi connectivity index (χ1v) is 4.61. The SMILES string of the molecule is CC(C)O[C@@H]1CCCC[C@H]1N. The largest absolute Gasteiger partial charge is 0.374 e. The summed E-state index contributed by atoms with van der Waals surface area (Å²) in [6.07, 6.45) is 5.49. The fourth-order valence-electron chi connectivity index (χ4n) is 1.64. The number of ether oxygens (including phenoxy) is 1. The Bertz CT molecular complexity index is 114. The minimum atomic E-state index is 0.283. The van der Waals surface area contributed by atoms with Crippen molar-refractivity contribution in [3.05, 3.63) is 0 Å². The van der Waals surface area contributed by atoms with Gasteiger partial charge in [-0.1, -0.05) is 12.8 Å². The number of hydrogen-bond donors (Lipinski definition) is 1.